The van der Waals surface area contributed by atoms with E-state index >= 15 is 0 Å². The average molecular weight is 383 g/mol. The van der Waals surface area contributed by atoms with Crippen molar-refractivity contribution in [3.63, 3.8) is 0 Å². The molecule has 24 heavy (non-hydrogen) atoms. The molecule has 0 fully saturated rings. The van der Waals surface area contributed by atoms with E-state index in [-0.39, 0.29) is 6.04 Å². The Labute approximate surface area is 155 Å². The van der Waals surface area contributed by atoms with Crippen molar-refractivity contribution in [1.82, 2.24) is 19.9 Å². The van der Waals surface area contributed by atoms with Crippen molar-refractivity contribution < 1.29 is 0 Å². The number of halogens is 3. The van der Waals surface area contributed by atoms with Gasteiger partial charge in [-0.2, -0.15) is 0 Å². The van der Waals surface area contributed by atoms with Crippen molar-refractivity contribution in [2.24, 2.45) is 0 Å². The third kappa shape index (κ3) is 6.28. The minimum Gasteiger partial charge on any atom is -0.362 e. The fourth-order valence-electron chi connectivity index (χ4n) is 1.78. The van der Waals surface area contributed by atoms with Crippen LogP contribution < -0.4 is 5.32 Å². The molecule has 124 valence electrons. The topological polar surface area (TPSA) is 63.6 Å². The molecule has 8 heteroatoms. The number of nitrogens with zero attached hydrogens (tertiary/aromatic N) is 4. The molecule has 0 aliphatic rings. The summed E-state index contributed by atoms with van der Waals surface area (Å²) in [6, 6.07) is 10.3. The summed E-state index contributed by atoms with van der Waals surface area (Å²) in [6.45, 7) is 2.07. The third-order valence-corrected chi connectivity index (χ3v) is 3.39. The van der Waals surface area contributed by atoms with E-state index in [1.165, 1.54) is 24.2 Å². The Kier molecular flexibility index (Phi) is 7.18. The molecule has 2 heterocycles. The number of nitrogens with one attached hydrogen (secondary N) is 1. The van der Waals surface area contributed by atoms with E-state index < -0.39 is 0 Å². The lowest BCUT2D eigenvalue weighted by Crippen LogP contribution is -2.07. The zero-order valence-corrected chi connectivity index (χ0v) is 15.0. The van der Waals surface area contributed by atoms with Crippen LogP contribution in [0.4, 0.5) is 5.82 Å². The molecule has 5 nitrogen and oxygen atoms in total. The first-order chi connectivity index (χ1) is 11.5. The van der Waals surface area contributed by atoms with Gasteiger partial charge in [0, 0.05) is 6.04 Å². The van der Waals surface area contributed by atoms with Gasteiger partial charge in [-0.3, -0.25) is 9.97 Å². The largest absolute Gasteiger partial charge is 0.362 e. The second-order valence-electron chi connectivity index (χ2n) is 4.67. The molecule has 0 aliphatic carbocycles. The molecule has 3 aromatic rings. The molecule has 1 atom stereocenters. The van der Waals surface area contributed by atoms with E-state index in [0.717, 1.165) is 0 Å². The van der Waals surface area contributed by atoms with E-state index in [9.17, 15) is 0 Å². The molecule has 1 N–H and O–H groups in total. The summed E-state index contributed by atoms with van der Waals surface area (Å²) < 4.78 is 0. The van der Waals surface area contributed by atoms with Gasteiger partial charge in [0.05, 0.1) is 24.8 Å². The highest BCUT2D eigenvalue weighted by Crippen LogP contribution is 2.17. The molecule has 0 amide bonds. The van der Waals surface area contributed by atoms with Gasteiger partial charge in [0.25, 0.3) is 0 Å². The molecular weight excluding hydrogens is 369 g/mol. The molecule has 3 rings (SSSR count). The molecule has 1 aromatic carbocycles. The Morgan fingerprint density at radius 2 is 1.33 bits per heavy atom. The van der Waals surface area contributed by atoms with Crippen molar-refractivity contribution >= 4 is 40.6 Å². The lowest BCUT2D eigenvalue weighted by atomic mass is 10.1. The van der Waals surface area contributed by atoms with Crippen LogP contribution in [0, 0.1) is 0 Å². The minimum absolute atomic E-state index is 0.175. The summed E-state index contributed by atoms with van der Waals surface area (Å²) in [6.07, 6.45) is 6.02. The van der Waals surface area contributed by atoms with Crippen molar-refractivity contribution in [3.8, 4) is 0 Å². The Balaban J connectivity index is 0.000000219. The highest BCUT2D eigenvalue weighted by Gasteiger charge is 2.05. The molecule has 2 aromatic heterocycles. The number of hydrogen-bond acceptors (Lipinski definition) is 5. The van der Waals surface area contributed by atoms with Gasteiger partial charge in [-0.15, -0.1) is 0 Å². The lowest BCUT2D eigenvalue weighted by Gasteiger charge is -2.14. The van der Waals surface area contributed by atoms with Gasteiger partial charge >= 0.3 is 0 Å². The van der Waals surface area contributed by atoms with E-state index in [0.29, 0.717) is 21.3 Å². The highest BCUT2D eigenvalue weighted by atomic mass is 35.5. The maximum Gasteiger partial charge on any atom is 0.149 e. The van der Waals surface area contributed by atoms with Crippen LogP contribution >= 0.6 is 34.8 Å². The maximum atomic E-state index is 5.76. The van der Waals surface area contributed by atoms with Crippen LogP contribution in [-0.2, 0) is 0 Å². The van der Waals surface area contributed by atoms with Crippen molar-refractivity contribution in [1.29, 1.82) is 0 Å². The summed E-state index contributed by atoms with van der Waals surface area (Å²) in [5.41, 5.74) is 1.20. The first-order valence-corrected chi connectivity index (χ1v) is 8.10. The third-order valence-electron chi connectivity index (χ3n) is 2.84. The van der Waals surface area contributed by atoms with E-state index in [2.05, 4.69) is 44.3 Å². The Hall–Kier alpha value is -1.95. The molecule has 0 saturated heterocycles. The number of benzene rings is 1. The maximum absolute atomic E-state index is 5.76. The second-order valence-corrected chi connectivity index (χ2v) is 5.83. The summed E-state index contributed by atoms with van der Waals surface area (Å²) in [5.74, 6) is 0.684. The van der Waals surface area contributed by atoms with Gasteiger partial charge in [0.2, 0.25) is 0 Å². The summed E-state index contributed by atoms with van der Waals surface area (Å²) >= 11 is 16.5. The first-order valence-electron chi connectivity index (χ1n) is 6.96. The quantitative estimate of drug-likeness (QED) is 0.684. The van der Waals surface area contributed by atoms with Crippen LogP contribution in [0.3, 0.4) is 0 Å². The molecule has 0 spiro atoms. The molecule has 0 saturated carbocycles. The second kappa shape index (κ2) is 9.37. The normalized spacial score (nSPS) is 11.2. The zero-order valence-electron chi connectivity index (χ0n) is 12.7. The molecule has 0 bridgehead atoms. The summed E-state index contributed by atoms with van der Waals surface area (Å²) in [5, 5.41) is 4.27. The van der Waals surface area contributed by atoms with Crippen LogP contribution in [0.1, 0.15) is 18.5 Å². The number of anilines is 1. The van der Waals surface area contributed by atoms with E-state index in [4.69, 9.17) is 34.8 Å². The van der Waals surface area contributed by atoms with Crippen molar-refractivity contribution in [2.75, 3.05) is 5.32 Å². The standard InChI is InChI=1S/C12H12ClN3.C4H2Cl2N2/c1-9(10-5-3-2-4-6-10)15-12-8-14-7-11(13)16-12;5-3-1-7-2-4(6)8-3/h2-9H,1H3,(H,15,16);1-2H/t9-;/m1./s1. The fraction of sp³-hybridized carbons (Fsp3) is 0.125. The summed E-state index contributed by atoms with van der Waals surface area (Å²) in [7, 11) is 0. The van der Waals surface area contributed by atoms with Crippen LogP contribution in [0.25, 0.3) is 0 Å². The highest BCUT2D eigenvalue weighted by molar-refractivity contribution is 6.32. The van der Waals surface area contributed by atoms with Crippen LogP contribution in [0.15, 0.2) is 55.1 Å². The van der Waals surface area contributed by atoms with E-state index in [1.807, 2.05) is 18.2 Å². The molecular formula is C16H14Cl3N5. The predicted molar refractivity (Wildman–Crippen MR) is 97.6 cm³/mol. The molecule has 0 aliphatic heterocycles. The lowest BCUT2D eigenvalue weighted by molar-refractivity contribution is 0.871. The monoisotopic (exact) mass is 381 g/mol. The van der Waals surface area contributed by atoms with Crippen LogP contribution in [-0.4, -0.2) is 19.9 Å². The van der Waals surface area contributed by atoms with Crippen molar-refractivity contribution in [2.45, 2.75) is 13.0 Å². The first kappa shape index (κ1) is 18.4. The Morgan fingerprint density at radius 3 is 1.83 bits per heavy atom. The number of rotatable bonds is 3. The number of hydrogen-bond donors (Lipinski definition) is 1. The van der Waals surface area contributed by atoms with Gasteiger partial charge in [-0.1, -0.05) is 65.1 Å². The Morgan fingerprint density at radius 1 is 0.792 bits per heavy atom. The van der Waals surface area contributed by atoms with Gasteiger partial charge in [0.1, 0.15) is 21.3 Å². The predicted octanol–water partition coefficient (Wildman–Crippen LogP) is 5.09. The van der Waals surface area contributed by atoms with Gasteiger partial charge in [0.15, 0.2) is 0 Å². The van der Waals surface area contributed by atoms with Crippen molar-refractivity contribution in [3.05, 3.63) is 76.1 Å². The van der Waals surface area contributed by atoms with Crippen LogP contribution in [0.2, 0.25) is 15.5 Å². The average Bonchev–Trinajstić information content (AvgIpc) is 2.56. The van der Waals surface area contributed by atoms with Gasteiger partial charge in [-0.25, -0.2) is 9.97 Å². The Bertz CT molecular complexity index is 753. The number of aromatic nitrogens is 4. The minimum atomic E-state index is 0.175. The molecule has 0 radical (unpaired) electrons. The smallest absolute Gasteiger partial charge is 0.149 e. The van der Waals surface area contributed by atoms with Gasteiger partial charge in [-0.05, 0) is 12.5 Å². The zero-order chi connectivity index (χ0) is 17.4. The van der Waals surface area contributed by atoms with E-state index in [1.54, 1.807) is 6.20 Å². The molecule has 0 unspecified atom stereocenters. The fourth-order valence-corrected chi connectivity index (χ4v) is 2.26. The van der Waals surface area contributed by atoms with Crippen LogP contribution in [0.5, 0.6) is 0 Å². The summed E-state index contributed by atoms with van der Waals surface area (Å²) in [4.78, 5) is 15.4. The SMILES string of the molecule is C[C@@H](Nc1cncc(Cl)n1)c1ccccc1.Clc1cncc(Cl)n1. The van der Waals surface area contributed by atoms with Gasteiger partial charge < -0.3 is 5.32 Å².